The molecule has 42 nitrogen and oxygen atoms in total. The van der Waals surface area contributed by atoms with E-state index >= 15 is 0 Å². The van der Waals surface area contributed by atoms with Gasteiger partial charge in [-0.05, 0) is 113 Å². The summed E-state index contributed by atoms with van der Waals surface area (Å²) in [5.74, 6) is -7.25. The van der Waals surface area contributed by atoms with Gasteiger partial charge in [0.2, 0.25) is 47.5 Å². The zero-order valence-electron chi connectivity index (χ0n) is 53.6. The van der Waals surface area contributed by atoms with Gasteiger partial charge in [0.05, 0.1) is 56.0 Å². The molecule has 0 fully saturated rings. The summed E-state index contributed by atoms with van der Waals surface area (Å²) in [6, 6.07) is 9.30. The van der Waals surface area contributed by atoms with Crippen molar-refractivity contribution in [1.82, 2.24) is 40.5 Å². The van der Waals surface area contributed by atoms with Gasteiger partial charge in [-0.3, -0.25) is 46.0 Å². The molecule has 560 valence electrons. The predicted octanol–water partition coefficient (Wildman–Crippen LogP) is 1.40. The first-order chi connectivity index (χ1) is 46.4. The number of carbonyl (C=O) groups is 2. The number of anilines is 10. The smallest absolute Gasteiger partial charge is 0.296 e. The van der Waals surface area contributed by atoms with E-state index in [1.165, 1.54) is 41.5 Å². The lowest BCUT2D eigenvalue weighted by Crippen LogP contribution is -2.49. The van der Waals surface area contributed by atoms with Gasteiger partial charge in [0.1, 0.15) is 19.6 Å². The molecule has 0 saturated heterocycles. The molecule has 2 amide bonds. The van der Waals surface area contributed by atoms with E-state index in [0.717, 1.165) is 58.4 Å². The number of carbonyl (C=O) groups excluding carboxylic acids is 2. The van der Waals surface area contributed by atoms with Crippen LogP contribution in [0.15, 0.2) is 102 Å². The third-order valence-electron chi connectivity index (χ3n) is 13.1. The zero-order chi connectivity index (χ0) is 76.9. The molecular weight excluding hydrogens is 1530 g/mol. The molecule has 4 aromatic carbocycles. The molecule has 0 aliphatic carbocycles. The van der Waals surface area contributed by atoms with Gasteiger partial charge in [0.15, 0.2) is 0 Å². The molecule has 2 heterocycles. The second kappa shape index (κ2) is 31.3. The summed E-state index contributed by atoms with van der Waals surface area (Å²) in [7, 11) is -40.6. The molecule has 0 aliphatic rings. The van der Waals surface area contributed by atoms with Crippen LogP contribution in [0.2, 0.25) is 0 Å². The normalized spacial score (nSPS) is 13.6. The van der Waals surface area contributed by atoms with Crippen molar-refractivity contribution in [1.29, 1.82) is 0 Å². The van der Waals surface area contributed by atoms with Crippen LogP contribution < -0.4 is 41.7 Å². The molecule has 0 radical (unpaired) electrons. The van der Waals surface area contributed by atoms with E-state index in [1.807, 2.05) is 0 Å². The Labute approximate surface area is 583 Å². The first-order valence-electron chi connectivity index (χ1n) is 28.5. The maximum atomic E-state index is 13.2. The maximum absolute atomic E-state index is 13.2. The van der Waals surface area contributed by atoms with E-state index in [9.17, 15) is 124 Å². The number of nitrogens with one attached hydrogen (secondary N) is 6. The van der Waals surface area contributed by atoms with E-state index in [1.54, 1.807) is 0 Å². The van der Waals surface area contributed by atoms with Gasteiger partial charge in [-0.25, -0.2) is 0 Å². The molecule has 16 N–H and O–H groups in total. The lowest BCUT2D eigenvalue weighted by molar-refractivity contribution is -0.123. The Kier molecular flexibility index (Phi) is 25.3. The zero-order valence-corrected chi connectivity index (χ0v) is 60.1. The van der Waals surface area contributed by atoms with Crippen LogP contribution in [0.1, 0.15) is 65.5 Å². The van der Waals surface area contributed by atoms with Crippen molar-refractivity contribution in [3.8, 4) is 0 Å². The van der Waals surface area contributed by atoms with Crippen LogP contribution in [0.4, 0.5) is 58.4 Å². The highest BCUT2D eigenvalue weighted by molar-refractivity contribution is 7.87. The average molecular weight is 1590 g/mol. The number of aromatic nitrogens is 6. The van der Waals surface area contributed by atoms with Crippen LogP contribution in [0, 0.1) is 0 Å². The first-order valence-corrected chi connectivity index (χ1v) is 40.4. The van der Waals surface area contributed by atoms with Crippen molar-refractivity contribution >= 4 is 163 Å². The molecule has 0 aliphatic heterocycles. The van der Waals surface area contributed by atoms with Gasteiger partial charge >= 0.3 is 0 Å². The number of rotatable bonds is 34. The summed E-state index contributed by atoms with van der Waals surface area (Å²) in [6.45, 7) is 5.94. The van der Waals surface area contributed by atoms with Crippen LogP contribution in [-0.4, -0.2) is 217 Å². The number of nitrogens with zero attached hydrogens (tertiary/aromatic N) is 8. The fourth-order valence-corrected chi connectivity index (χ4v) is 15.0. The quantitative estimate of drug-likeness (QED) is 0.0200. The fraction of sp³-hybridized carbons (Fsp3) is 0.346. The molecule has 0 spiro atoms. The van der Waals surface area contributed by atoms with Crippen molar-refractivity contribution in [3.05, 3.63) is 83.9 Å². The molecule has 6 aromatic rings. The van der Waals surface area contributed by atoms with E-state index in [-0.39, 0.29) is 11.4 Å². The van der Waals surface area contributed by atoms with Gasteiger partial charge in [0.25, 0.3) is 80.9 Å². The van der Waals surface area contributed by atoms with E-state index in [0.29, 0.717) is 36.4 Å². The average Bonchev–Trinajstić information content (AvgIpc) is 0.800. The number of aliphatic hydroxyl groups excluding tert-OH is 2. The molecule has 50 heteroatoms. The molecular formula is C52H66N14O28S8. The lowest BCUT2D eigenvalue weighted by atomic mass is 10.1. The first kappa shape index (κ1) is 82.5. The molecule has 0 bridgehead atoms. The van der Waals surface area contributed by atoms with E-state index in [4.69, 9.17) is 0 Å². The van der Waals surface area contributed by atoms with Gasteiger partial charge < -0.3 is 51.9 Å². The minimum Gasteiger partial charge on any atom is -0.392 e. The van der Waals surface area contributed by atoms with Crippen LogP contribution in [0.3, 0.4) is 0 Å². The molecule has 0 saturated carbocycles. The highest BCUT2D eigenvalue weighted by Crippen LogP contribution is 2.33. The van der Waals surface area contributed by atoms with E-state index in [2.05, 4.69) is 61.8 Å². The summed E-state index contributed by atoms with van der Waals surface area (Å²) in [5, 5.41) is 35.9. The minimum absolute atomic E-state index is 0.325. The van der Waals surface area contributed by atoms with Crippen molar-refractivity contribution < 1.29 is 124 Å². The molecule has 2 atom stereocenters. The maximum Gasteiger partial charge on any atom is 0.296 e. The Hall–Kier alpha value is -8.42. The van der Waals surface area contributed by atoms with Gasteiger partial charge in [-0.15, -0.1) is 0 Å². The Morgan fingerprint density at radius 1 is 0.422 bits per heavy atom. The Bertz CT molecular complexity index is 4900. The Morgan fingerprint density at radius 2 is 0.725 bits per heavy atom. The summed E-state index contributed by atoms with van der Waals surface area (Å²) in [6.07, 6.45) is -1.72. The van der Waals surface area contributed by atoms with Crippen LogP contribution in [0.5, 0.6) is 0 Å². The second-order valence-corrected chi connectivity index (χ2v) is 34.8. The van der Waals surface area contributed by atoms with Crippen LogP contribution in [0.25, 0.3) is 12.2 Å². The van der Waals surface area contributed by atoms with Crippen molar-refractivity contribution in [2.75, 3.05) is 68.8 Å². The van der Waals surface area contributed by atoms with Gasteiger partial charge in [0, 0.05) is 50.4 Å². The SMILES string of the molecule is CC(O)CN(CCC(=O)NC(C)(C)CS(=O)(=O)O)c1nc(Nc2ccc(/C=C/c3ccc(Nc4nc(Nc5cc(S(=O)(=O)O)ccc5S(=O)(=O)O)nc(N(CCC(=O)NC(C)(C)CS(=O)(=O)O)CC(C)O)n4)cc3S(=O)(=O)O)c(S(=O)(=O)O)c2)nc(Nc2cc(S(=O)(=O)O)ccc2S(=O)(=O)O)n1. The molecule has 2 aromatic heterocycles. The Morgan fingerprint density at radius 3 is 1.00 bits per heavy atom. The summed E-state index contributed by atoms with van der Waals surface area (Å²) >= 11 is 0. The molecule has 2 unspecified atom stereocenters. The third-order valence-corrected chi connectivity index (χ3v) is 20.6. The van der Waals surface area contributed by atoms with Gasteiger partial charge in [-0.1, -0.05) is 24.3 Å². The highest BCUT2D eigenvalue weighted by atomic mass is 32.2. The summed E-state index contributed by atoms with van der Waals surface area (Å²) in [5.41, 5.74) is -6.14. The summed E-state index contributed by atoms with van der Waals surface area (Å²) in [4.78, 5) is 48.0. The number of aliphatic hydroxyl groups is 2. The van der Waals surface area contributed by atoms with Crippen molar-refractivity contribution in [2.24, 2.45) is 0 Å². The Balaban J connectivity index is 1.43. The van der Waals surface area contributed by atoms with Crippen LogP contribution >= 0.6 is 0 Å². The largest absolute Gasteiger partial charge is 0.392 e. The number of hydrogen-bond donors (Lipinski definition) is 16. The number of hydrogen-bond acceptors (Lipinski definition) is 32. The minimum atomic E-state index is -5.35. The van der Waals surface area contributed by atoms with Gasteiger partial charge in [-0.2, -0.15) is 97.2 Å². The lowest BCUT2D eigenvalue weighted by Gasteiger charge is -2.27. The topological polar surface area (TPSA) is 666 Å². The monoisotopic (exact) mass is 1590 g/mol. The van der Waals surface area contributed by atoms with Crippen molar-refractivity contribution in [3.63, 3.8) is 0 Å². The standard InChI is InChI=1S/C52H66N14O28S8/c1-29(67)25-65(19-17-43(69)63-51(3,4)27-95(71,72)73)49-59-45(57-47(61-49)55-37-23-35(97(77,78)79)13-15-39(37)99(83,84)85)53-33-11-9-31(41(21-33)101(89,90)91)7-8-32-10-12-34(22-42(32)102(92,93)94)54-46-58-48(56-38-24-36(98(80,81)82)14-16-40(38)100(86,87)88)62-50(60-46)66(26-30(2)68)20-18-44(70)64-52(5,6)28-96(74,75)76/h7-16,21-24,29-30,67-68H,17-20,25-28H2,1-6H3,(H,63,69)(H,64,70)(H,71,72,73)(H,74,75,76)(H,77,78,79)(H,80,81,82)(H,83,84,85)(H,86,87,88)(H,89,90,91)(H,92,93,94)(H2,53,55,57,59,61)(H2,54,56,58,60,62)/b8-7+. The fourth-order valence-electron chi connectivity index (χ4n) is 9.37. The predicted molar refractivity (Wildman–Crippen MR) is 361 cm³/mol. The molecule has 102 heavy (non-hydrogen) atoms. The van der Waals surface area contributed by atoms with E-state index < -0.39 is 254 Å². The van der Waals surface area contributed by atoms with Crippen molar-refractivity contribution in [2.45, 2.75) is 107 Å². The number of benzene rings is 4. The molecule has 6 rings (SSSR count). The second-order valence-electron chi connectivity index (χ2n) is 23.5. The van der Waals surface area contributed by atoms with Crippen LogP contribution in [-0.2, 0) is 90.5 Å². The third kappa shape index (κ3) is 25.2. The summed E-state index contributed by atoms with van der Waals surface area (Å²) < 4.78 is 277. The number of amides is 2. The highest BCUT2D eigenvalue weighted by Gasteiger charge is 2.31.